The Labute approximate surface area is 194 Å². The molecule has 34 heavy (non-hydrogen) atoms. The van der Waals surface area contributed by atoms with Crippen molar-refractivity contribution in [2.75, 3.05) is 10.6 Å². The molecule has 0 unspecified atom stereocenters. The van der Waals surface area contributed by atoms with Crippen molar-refractivity contribution in [3.8, 4) is 0 Å². The van der Waals surface area contributed by atoms with Crippen LogP contribution in [0.15, 0.2) is 97.1 Å². The minimum absolute atomic E-state index is 0.228. The van der Waals surface area contributed by atoms with E-state index in [4.69, 9.17) is 0 Å². The van der Waals surface area contributed by atoms with E-state index in [-0.39, 0.29) is 11.8 Å². The number of anilines is 2. The third-order valence-electron chi connectivity index (χ3n) is 5.95. The lowest BCUT2D eigenvalue weighted by molar-refractivity contribution is 0.101. The fourth-order valence-corrected chi connectivity index (χ4v) is 4.37. The monoisotopic (exact) mass is 444 g/mol. The first-order valence-corrected chi connectivity index (χ1v) is 11.0. The zero-order chi connectivity index (χ0) is 23.1. The molecule has 2 amide bonds. The zero-order valence-corrected chi connectivity index (χ0v) is 18.1. The van der Waals surface area contributed by atoms with Crippen LogP contribution in [0.5, 0.6) is 0 Å². The summed E-state index contributed by atoms with van der Waals surface area (Å²) >= 11 is 0. The molecular weight excluding hydrogens is 424 g/mol. The van der Waals surface area contributed by atoms with Crippen molar-refractivity contribution in [3.05, 3.63) is 108 Å². The first-order chi connectivity index (χ1) is 16.7. The number of para-hydroxylation sites is 2. The van der Waals surface area contributed by atoms with Crippen molar-refractivity contribution in [1.29, 1.82) is 0 Å². The number of hydrogen-bond donors (Lipinski definition) is 4. The summed E-state index contributed by atoms with van der Waals surface area (Å²) in [6, 6.07) is 30.4. The molecule has 0 aliphatic carbocycles. The van der Waals surface area contributed by atoms with Gasteiger partial charge in [0.1, 0.15) is 11.4 Å². The fraction of sp³-hybridized carbons (Fsp3) is 0. The summed E-state index contributed by atoms with van der Waals surface area (Å²) in [5.74, 6) is -0.457. The number of aromatic amines is 2. The maximum absolute atomic E-state index is 13.0. The second-order valence-corrected chi connectivity index (χ2v) is 8.13. The lowest BCUT2D eigenvalue weighted by Crippen LogP contribution is -2.12. The van der Waals surface area contributed by atoms with Gasteiger partial charge in [-0.1, -0.05) is 60.7 Å². The van der Waals surface area contributed by atoms with E-state index in [9.17, 15) is 9.59 Å². The molecule has 164 valence electrons. The van der Waals surface area contributed by atoms with Gasteiger partial charge >= 0.3 is 0 Å². The van der Waals surface area contributed by atoms with Crippen molar-refractivity contribution < 1.29 is 9.59 Å². The predicted molar refractivity (Wildman–Crippen MR) is 136 cm³/mol. The average Bonchev–Trinajstić information content (AvgIpc) is 3.51. The Morgan fingerprint density at radius 1 is 0.500 bits per heavy atom. The molecule has 0 saturated carbocycles. The molecule has 0 fully saturated rings. The van der Waals surface area contributed by atoms with E-state index in [0.717, 1.165) is 44.0 Å². The molecule has 4 aromatic carbocycles. The number of carbonyl (C=O) groups excluding carboxylic acids is 2. The first kappa shape index (κ1) is 19.8. The van der Waals surface area contributed by atoms with Crippen LogP contribution < -0.4 is 10.6 Å². The summed E-state index contributed by atoms with van der Waals surface area (Å²) in [5, 5.41) is 9.69. The standard InChI is InChI=1S/C28H20N4O2/c33-27(29-17-9-3-1-4-10-17)23-15-21-19-13-7-8-14-20(19)22-16-24(32-26(22)25(21)31-23)28(34)30-18-11-5-2-6-12-18/h1-16,31-32H,(H,29,33)(H,30,34). The molecule has 6 aromatic rings. The van der Waals surface area contributed by atoms with E-state index in [1.54, 1.807) is 0 Å². The number of rotatable bonds is 4. The third-order valence-corrected chi connectivity index (χ3v) is 5.95. The molecule has 0 radical (unpaired) electrons. The number of aromatic nitrogens is 2. The topological polar surface area (TPSA) is 89.8 Å². The molecule has 0 spiro atoms. The molecular formula is C28H20N4O2. The number of H-pyrrole nitrogens is 2. The Kier molecular flexibility index (Phi) is 4.63. The number of benzene rings is 4. The van der Waals surface area contributed by atoms with Crippen LogP contribution in [0.4, 0.5) is 11.4 Å². The quantitative estimate of drug-likeness (QED) is 0.257. The fourth-order valence-electron chi connectivity index (χ4n) is 4.37. The largest absolute Gasteiger partial charge is 0.349 e. The van der Waals surface area contributed by atoms with Gasteiger partial charge in [0.25, 0.3) is 11.8 Å². The molecule has 6 heteroatoms. The van der Waals surface area contributed by atoms with Crippen molar-refractivity contribution in [1.82, 2.24) is 9.97 Å². The molecule has 0 aliphatic rings. The normalized spacial score (nSPS) is 11.2. The van der Waals surface area contributed by atoms with Crippen molar-refractivity contribution >= 4 is 55.8 Å². The predicted octanol–water partition coefficient (Wildman–Crippen LogP) is 6.31. The van der Waals surface area contributed by atoms with Crippen molar-refractivity contribution in [2.45, 2.75) is 0 Å². The van der Waals surface area contributed by atoms with Crippen LogP contribution in [0.3, 0.4) is 0 Å². The van der Waals surface area contributed by atoms with E-state index in [1.807, 2.05) is 97.1 Å². The minimum Gasteiger partial charge on any atom is -0.349 e. The summed E-state index contributed by atoms with van der Waals surface area (Å²) in [5.41, 5.74) is 3.90. The Hall–Kier alpha value is -4.84. The number of nitrogens with one attached hydrogen (secondary N) is 4. The highest BCUT2D eigenvalue weighted by Gasteiger charge is 2.19. The minimum atomic E-state index is -0.228. The molecule has 6 nitrogen and oxygen atoms in total. The van der Waals surface area contributed by atoms with Gasteiger partial charge in [0.15, 0.2) is 0 Å². The van der Waals surface area contributed by atoms with Crippen LogP contribution in [0.1, 0.15) is 21.0 Å². The number of amides is 2. The zero-order valence-electron chi connectivity index (χ0n) is 18.1. The molecule has 0 aliphatic heterocycles. The summed E-state index contributed by atoms with van der Waals surface area (Å²) < 4.78 is 0. The Morgan fingerprint density at radius 3 is 1.29 bits per heavy atom. The van der Waals surface area contributed by atoms with Gasteiger partial charge in [-0.25, -0.2) is 0 Å². The van der Waals surface area contributed by atoms with Gasteiger partial charge in [-0.2, -0.15) is 0 Å². The van der Waals surface area contributed by atoms with Gasteiger partial charge < -0.3 is 20.6 Å². The summed E-state index contributed by atoms with van der Waals surface area (Å²) in [6.07, 6.45) is 0. The lowest BCUT2D eigenvalue weighted by atomic mass is 10.0. The van der Waals surface area contributed by atoms with Gasteiger partial charge in [-0.15, -0.1) is 0 Å². The number of fused-ring (bicyclic) bond motifs is 6. The van der Waals surface area contributed by atoms with Crippen LogP contribution in [0.2, 0.25) is 0 Å². The second kappa shape index (κ2) is 7.94. The summed E-state index contributed by atoms with van der Waals surface area (Å²) in [7, 11) is 0. The SMILES string of the molecule is O=C(Nc1ccccc1)c1cc2c3ccccc3c3cc(C(=O)Nc4ccccc4)[nH]c3c2[nH]1. The number of carbonyl (C=O) groups is 2. The third kappa shape index (κ3) is 3.38. The molecule has 0 saturated heterocycles. The van der Waals surface area contributed by atoms with E-state index < -0.39 is 0 Å². The molecule has 0 bridgehead atoms. The Bertz CT molecular complexity index is 1560. The maximum Gasteiger partial charge on any atom is 0.272 e. The first-order valence-electron chi connectivity index (χ1n) is 11.0. The van der Waals surface area contributed by atoms with Crippen LogP contribution >= 0.6 is 0 Å². The van der Waals surface area contributed by atoms with Crippen LogP contribution in [-0.4, -0.2) is 21.8 Å². The van der Waals surface area contributed by atoms with E-state index in [2.05, 4.69) is 20.6 Å². The smallest absolute Gasteiger partial charge is 0.272 e. The van der Waals surface area contributed by atoms with Gasteiger partial charge in [-0.05, 0) is 47.2 Å². The van der Waals surface area contributed by atoms with Crippen LogP contribution in [0, 0.1) is 0 Å². The molecule has 6 rings (SSSR count). The number of hydrogen-bond acceptors (Lipinski definition) is 2. The molecule has 2 heterocycles. The molecule has 2 aromatic heterocycles. The van der Waals surface area contributed by atoms with Gasteiger partial charge in [0.05, 0.1) is 11.0 Å². The maximum atomic E-state index is 13.0. The average molecular weight is 444 g/mol. The van der Waals surface area contributed by atoms with Crippen LogP contribution in [0.25, 0.3) is 32.6 Å². The van der Waals surface area contributed by atoms with E-state index >= 15 is 0 Å². The van der Waals surface area contributed by atoms with E-state index in [1.165, 1.54) is 0 Å². The summed E-state index contributed by atoms with van der Waals surface area (Å²) in [4.78, 5) is 32.5. The van der Waals surface area contributed by atoms with Gasteiger partial charge in [-0.3, -0.25) is 9.59 Å². The highest BCUT2D eigenvalue weighted by atomic mass is 16.2. The van der Waals surface area contributed by atoms with Crippen molar-refractivity contribution in [3.63, 3.8) is 0 Å². The Balaban J connectivity index is 1.47. The van der Waals surface area contributed by atoms with E-state index in [0.29, 0.717) is 11.4 Å². The second-order valence-electron chi connectivity index (χ2n) is 8.13. The molecule has 4 N–H and O–H groups in total. The van der Waals surface area contributed by atoms with Crippen LogP contribution in [-0.2, 0) is 0 Å². The lowest BCUT2D eigenvalue weighted by Gasteiger charge is -2.03. The van der Waals surface area contributed by atoms with Crippen molar-refractivity contribution in [2.24, 2.45) is 0 Å². The highest BCUT2D eigenvalue weighted by molar-refractivity contribution is 6.26. The molecule has 0 atom stereocenters. The van der Waals surface area contributed by atoms with Gasteiger partial charge in [0.2, 0.25) is 0 Å². The highest BCUT2D eigenvalue weighted by Crippen LogP contribution is 2.35. The summed E-state index contributed by atoms with van der Waals surface area (Å²) in [6.45, 7) is 0. The Morgan fingerprint density at radius 2 is 0.882 bits per heavy atom. The van der Waals surface area contributed by atoms with Gasteiger partial charge in [0, 0.05) is 22.1 Å².